The van der Waals surface area contributed by atoms with Crippen molar-refractivity contribution in [3.63, 3.8) is 0 Å². The second kappa shape index (κ2) is 5.90. The van der Waals surface area contributed by atoms with E-state index in [1.165, 1.54) is 0 Å². The normalized spacial score (nSPS) is 26.5. The zero-order valence-electron chi connectivity index (χ0n) is 12.3. The molecule has 5 heteroatoms. The quantitative estimate of drug-likeness (QED) is 0.789. The zero-order chi connectivity index (χ0) is 14.8. The van der Waals surface area contributed by atoms with Gasteiger partial charge in [0.25, 0.3) is 0 Å². The molecule has 0 spiro atoms. The van der Waals surface area contributed by atoms with Crippen LogP contribution in [0.3, 0.4) is 0 Å². The maximum Gasteiger partial charge on any atom is 0.311 e. The number of carboxylic acids is 1. The monoisotopic (exact) mass is 270 g/mol. The molecule has 1 aliphatic rings. The number of amides is 1. The van der Waals surface area contributed by atoms with Crippen LogP contribution in [0.4, 0.5) is 0 Å². The number of likely N-dealkylation sites (tertiary alicyclic amines) is 1. The third-order valence-electron chi connectivity index (χ3n) is 4.69. The van der Waals surface area contributed by atoms with E-state index in [0.717, 1.165) is 6.42 Å². The molecule has 0 aromatic carbocycles. The first-order valence-electron chi connectivity index (χ1n) is 7.04. The Hall–Kier alpha value is -1.10. The van der Waals surface area contributed by atoms with E-state index in [4.69, 9.17) is 5.73 Å². The Kier molecular flexibility index (Phi) is 4.96. The van der Waals surface area contributed by atoms with Crippen LogP contribution in [0.5, 0.6) is 0 Å². The lowest BCUT2D eigenvalue weighted by molar-refractivity contribution is -0.151. The lowest BCUT2D eigenvalue weighted by Crippen LogP contribution is -2.48. The standard InChI is InChI=1S/C14H26N2O3/c1-5-10(4)11(15)12(17)16-7-6-14(8-16,9(2)3)13(18)19/h9-11H,5-8,15H2,1-4H3,(H,18,19). The molecule has 1 rings (SSSR count). The van der Waals surface area contributed by atoms with E-state index < -0.39 is 17.4 Å². The number of carboxylic acid groups (broad SMARTS) is 1. The molecule has 0 saturated carbocycles. The first-order valence-corrected chi connectivity index (χ1v) is 7.04. The Morgan fingerprint density at radius 3 is 2.32 bits per heavy atom. The number of hydrogen-bond acceptors (Lipinski definition) is 3. The van der Waals surface area contributed by atoms with Gasteiger partial charge in [-0.2, -0.15) is 0 Å². The lowest BCUT2D eigenvalue weighted by Gasteiger charge is -2.30. The van der Waals surface area contributed by atoms with Crippen LogP contribution in [-0.4, -0.2) is 41.0 Å². The van der Waals surface area contributed by atoms with Gasteiger partial charge in [-0.1, -0.05) is 34.1 Å². The van der Waals surface area contributed by atoms with Gasteiger partial charge in [-0.05, 0) is 18.3 Å². The van der Waals surface area contributed by atoms with E-state index in [1.54, 1.807) is 4.90 Å². The van der Waals surface area contributed by atoms with Crippen molar-refractivity contribution in [3.8, 4) is 0 Å². The highest BCUT2D eigenvalue weighted by molar-refractivity contribution is 5.84. The molecule has 1 amide bonds. The molecular formula is C14H26N2O3. The van der Waals surface area contributed by atoms with Gasteiger partial charge in [0.05, 0.1) is 11.5 Å². The minimum atomic E-state index is -0.815. The number of hydrogen-bond donors (Lipinski definition) is 2. The predicted molar refractivity (Wildman–Crippen MR) is 73.5 cm³/mol. The van der Waals surface area contributed by atoms with Crippen LogP contribution in [-0.2, 0) is 9.59 Å². The summed E-state index contributed by atoms with van der Waals surface area (Å²) in [6.07, 6.45) is 1.36. The van der Waals surface area contributed by atoms with E-state index in [1.807, 2.05) is 27.7 Å². The summed E-state index contributed by atoms with van der Waals surface area (Å²) in [6, 6.07) is -0.526. The first kappa shape index (κ1) is 16.0. The van der Waals surface area contributed by atoms with Crippen molar-refractivity contribution in [1.82, 2.24) is 4.90 Å². The Labute approximate surface area is 115 Å². The van der Waals surface area contributed by atoms with E-state index in [2.05, 4.69) is 0 Å². The third-order valence-corrected chi connectivity index (χ3v) is 4.69. The largest absolute Gasteiger partial charge is 0.481 e. The summed E-state index contributed by atoms with van der Waals surface area (Å²) in [5.41, 5.74) is 5.14. The molecule has 0 bridgehead atoms. The number of aliphatic carboxylic acids is 1. The molecular weight excluding hydrogens is 244 g/mol. The molecule has 3 N–H and O–H groups in total. The Bertz CT molecular complexity index is 357. The van der Waals surface area contributed by atoms with Gasteiger partial charge in [0, 0.05) is 13.1 Å². The predicted octanol–water partition coefficient (Wildman–Crippen LogP) is 1.32. The van der Waals surface area contributed by atoms with Crippen LogP contribution in [0.25, 0.3) is 0 Å². The summed E-state index contributed by atoms with van der Waals surface area (Å²) in [5.74, 6) is -0.804. The minimum absolute atomic E-state index is 0.00243. The average Bonchev–Trinajstić information content (AvgIpc) is 2.82. The van der Waals surface area contributed by atoms with Gasteiger partial charge in [-0.3, -0.25) is 9.59 Å². The van der Waals surface area contributed by atoms with Gasteiger partial charge in [0.2, 0.25) is 5.91 Å². The average molecular weight is 270 g/mol. The van der Waals surface area contributed by atoms with E-state index in [0.29, 0.717) is 13.0 Å². The van der Waals surface area contributed by atoms with Crippen LogP contribution >= 0.6 is 0 Å². The molecule has 19 heavy (non-hydrogen) atoms. The van der Waals surface area contributed by atoms with Crippen LogP contribution < -0.4 is 5.73 Å². The van der Waals surface area contributed by atoms with Crippen molar-refractivity contribution >= 4 is 11.9 Å². The van der Waals surface area contributed by atoms with Crippen molar-refractivity contribution in [2.45, 2.75) is 46.6 Å². The third kappa shape index (κ3) is 2.91. The smallest absolute Gasteiger partial charge is 0.311 e. The van der Waals surface area contributed by atoms with Gasteiger partial charge in [-0.25, -0.2) is 0 Å². The van der Waals surface area contributed by atoms with E-state index in [9.17, 15) is 14.7 Å². The summed E-state index contributed by atoms with van der Waals surface area (Å²) in [7, 11) is 0. The Morgan fingerprint density at radius 1 is 1.37 bits per heavy atom. The van der Waals surface area contributed by atoms with Gasteiger partial charge in [0.15, 0.2) is 0 Å². The van der Waals surface area contributed by atoms with Crippen molar-refractivity contribution in [2.75, 3.05) is 13.1 Å². The van der Waals surface area contributed by atoms with Gasteiger partial charge in [-0.15, -0.1) is 0 Å². The maximum atomic E-state index is 12.3. The molecule has 1 saturated heterocycles. The van der Waals surface area contributed by atoms with Crippen molar-refractivity contribution in [3.05, 3.63) is 0 Å². The number of carbonyl (C=O) groups is 2. The van der Waals surface area contributed by atoms with Crippen LogP contribution in [0.2, 0.25) is 0 Å². The minimum Gasteiger partial charge on any atom is -0.481 e. The highest BCUT2D eigenvalue weighted by atomic mass is 16.4. The maximum absolute atomic E-state index is 12.3. The lowest BCUT2D eigenvalue weighted by atomic mass is 9.76. The number of rotatable bonds is 5. The molecule has 110 valence electrons. The number of nitrogens with zero attached hydrogens (tertiary/aromatic N) is 1. The Balaban J connectivity index is 2.80. The van der Waals surface area contributed by atoms with Crippen LogP contribution in [0.15, 0.2) is 0 Å². The number of carbonyl (C=O) groups excluding carboxylic acids is 1. The molecule has 0 aliphatic carbocycles. The topological polar surface area (TPSA) is 83.6 Å². The summed E-state index contributed by atoms with van der Waals surface area (Å²) in [5, 5.41) is 9.46. The van der Waals surface area contributed by atoms with E-state index >= 15 is 0 Å². The molecule has 1 fully saturated rings. The highest BCUT2D eigenvalue weighted by Crippen LogP contribution is 2.38. The molecule has 5 nitrogen and oxygen atoms in total. The van der Waals surface area contributed by atoms with Crippen molar-refractivity contribution < 1.29 is 14.7 Å². The fraction of sp³-hybridized carbons (Fsp3) is 0.857. The van der Waals surface area contributed by atoms with E-state index in [-0.39, 0.29) is 24.3 Å². The highest BCUT2D eigenvalue weighted by Gasteiger charge is 2.49. The van der Waals surface area contributed by atoms with Gasteiger partial charge in [0.1, 0.15) is 0 Å². The molecule has 3 unspecified atom stereocenters. The fourth-order valence-electron chi connectivity index (χ4n) is 2.62. The van der Waals surface area contributed by atoms with Crippen molar-refractivity contribution in [2.24, 2.45) is 23.0 Å². The first-order chi connectivity index (χ1) is 8.76. The van der Waals surface area contributed by atoms with Crippen LogP contribution in [0.1, 0.15) is 40.5 Å². The molecule has 1 heterocycles. The second-order valence-electron chi connectivity index (χ2n) is 6.04. The van der Waals surface area contributed by atoms with Crippen molar-refractivity contribution in [1.29, 1.82) is 0 Å². The number of nitrogens with two attached hydrogens (primary N) is 1. The van der Waals surface area contributed by atoms with Crippen LogP contribution in [0, 0.1) is 17.3 Å². The molecule has 0 aromatic rings. The summed E-state index contributed by atoms with van der Waals surface area (Å²) < 4.78 is 0. The zero-order valence-corrected chi connectivity index (χ0v) is 12.3. The summed E-state index contributed by atoms with van der Waals surface area (Å²) in [6.45, 7) is 8.52. The molecule has 0 aromatic heterocycles. The second-order valence-corrected chi connectivity index (χ2v) is 6.04. The molecule has 3 atom stereocenters. The summed E-state index contributed by atoms with van der Waals surface area (Å²) >= 11 is 0. The molecule has 0 radical (unpaired) electrons. The summed E-state index contributed by atoms with van der Waals surface area (Å²) in [4.78, 5) is 25.4. The van der Waals surface area contributed by atoms with Gasteiger partial charge < -0.3 is 15.7 Å². The SMILES string of the molecule is CCC(C)C(N)C(=O)N1CCC(C(=O)O)(C(C)C)C1. The Morgan fingerprint density at radius 2 is 1.95 bits per heavy atom. The van der Waals surface area contributed by atoms with Gasteiger partial charge >= 0.3 is 5.97 Å². The fourth-order valence-corrected chi connectivity index (χ4v) is 2.62. The molecule has 1 aliphatic heterocycles.